The minimum absolute atomic E-state index is 0.640. The highest BCUT2D eigenvalue weighted by molar-refractivity contribution is 5.14. The largest absolute Gasteiger partial charge is 0.300 e. The lowest BCUT2D eigenvalue weighted by Gasteiger charge is -2.37. The van der Waals surface area contributed by atoms with Gasteiger partial charge in [-0.05, 0) is 32.0 Å². The third kappa shape index (κ3) is 4.15. The van der Waals surface area contributed by atoms with Gasteiger partial charge in [0.15, 0.2) is 0 Å². The van der Waals surface area contributed by atoms with Crippen LogP contribution in [0.5, 0.6) is 0 Å². The quantitative estimate of drug-likeness (QED) is 0.816. The van der Waals surface area contributed by atoms with E-state index < -0.39 is 0 Å². The lowest BCUT2D eigenvalue weighted by molar-refractivity contribution is 0.108. The summed E-state index contributed by atoms with van der Waals surface area (Å²) < 4.78 is 1.90. The predicted molar refractivity (Wildman–Crippen MR) is 87.4 cm³/mol. The normalized spacial score (nSPS) is 19.6. The number of nitrogens with zero attached hydrogens (tertiary/aromatic N) is 5. The number of rotatable bonds is 6. The standard InChI is InChI=1S/C17H25N5/c1-20(10-11-22-15-18-14-19-22)17-8-5-9-21(13-17)12-16-6-3-2-4-7-16/h2-4,6-7,14-15,17H,5,8-13H2,1H3/t17-/m1/s1. The molecule has 2 heterocycles. The number of hydrogen-bond donors (Lipinski definition) is 0. The Morgan fingerprint density at radius 1 is 1.27 bits per heavy atom. The van der Waals surface area contributed by atoms with Crippen LogP contribution in [-0.2, 0) is 13.1 Å². The zero-order valence-electron chi connectivity index (χ0n) is 13.3. The third-order valence-corrected chi connectivity index (χ3v) is 4.50. The molecule has 22 heavy (non-hydrogen) atoms. The average molecular weight is 299 g/mol. The van der Waals surface area contributed by atoms with Crippen LogP contribution >= 0.6 is 0 Å². The summed E-state index contributed by atoms with van der Waals surface area (Å²) in [6.45, 7) is 5.36. The fourth-order valence-corrected chi connectivity index (χ4v) is 3.17. The van der Waals surface area contributed by atoms with Crippen LogP contribution in [0.1, 0.15) is 18.4 Å². The minimum atomic E-state index is 0.640. The molecule has 5 nitrogen and oxygen atoms in total. The van der Waals surface area contributed by atoms with E-state index in [1.54, 1.807) is 12.7 Å². The summed E-state index contributed by atoms with van der Waals surface area (Å²) in [6, 6.07) is 11.4. The van der Waals surface area contributed by atoms with E-state index in [0.29, 0.717) is 6.04 Å². The highest BCUT2D eigenvalue weighted by Crippen LogP contribution is 2.17. The summed E-state index contributed by atoms with van der Waals surface area (Å²) in [4.78, 5) is 9.05. The van der Waals surface area contributed by atoms with Crippen LogP contribution in [0.2, 0.25) is 0 Å². The first-order chi connectivity index (χ1) is 10.8. The Morgan fingerprint density at radius 3 is 2.91 bits per heavy atom. The first kappa shape index (κ1) is 15.2. The average Bonchev–Trinajstić information content (AvgIpc) is 3.07. The Hall–Kier alpha value is -1.72. The SMILES string of the molecule is CN(CCn1cncn1)[C@@H]1CCCN(Cc2ccccc2)C1. The molecule has 0 N–H and O–H groups in total. The fourth-order valence-electron chi connectivity index (χ4n) is 3.17. The molecule has 1 fully saturated rings. The van der Waals surface area contributed by atoms with Crippen molar-refractivity contribution in [3.8, 4) is 0 Å². The molecular weight excluding hydrogens is 274 g/mol. The van der Waals surface area contributed by atoms with Gasteiger partial charge in [-0.1, -0.05) is 30.3 Å². The Labute approximate surface area is 132 Å². The van der Waals surface area contributed by atoms with E-state index >= 15 is 0 Å². The van der Waals surface area contributed by atoms with Crippen molar-refractivity contribution in [2.75, 3.05) is 26.7 Å². The molecule has 1 aliphatic rings. The summed E-state index contributed by atoms with van der Waals surface area (Å²) in [5.74, 6) is 0. The molecule has 0 radical (unpaired) electrons. The first-order valence-electron chi connectivity index (χ1n) is 8.10. The van der Waals surface area contributed by atoms with Gasteiger partial charge in [-0.3, -0.25) is 9.58 Å². The topological polar surface area (TPSA) is 37.2 Å². The summed E-state index contributed by atoms with van der Waals surface area (Å²) in [5.41, 5.74) is 1.41. The van der Waals surface area contributed by atoms with Gasteiger partial charge in [0.2, 0.25) is 0 Å². The van der Waals surface area contributed by atoms with Crippen molar-refractivity contribution in [3.05, 3.63) is 48.5 Å². The van der Waals surface area contributed by atoms with Crippen LogP contribution in [-0.4, -0.2) is 57.3 Å². The van der Waals surface area contributed by atoms with E-state index in [0.717, 1.165) is 26.2 Å². The third-order valence-electron chi connectivity index (χ3n) is 4.50. The van der Waals surface area contributed by atoms with Gasteiger partial charge < -0.3 is 4.90 Å². The number of likely N-dealkylation sites (N-methyl/N-ethyl adjacent to an activating group) is 1. The maximum Gasteiger partial charge on any atom is 0.137 e. The number of likely N-dealkylation sites (tertiary alicyclic amines) is 1. The number of aromatic nitrogens is 3. The molecule has 118 valence electrons. The smallest absolute Gasteiger partial charge is 0.137 e. The number of benzene rings is 1. The molecule has 0 bridgehead atoms. The number of hydrogen-bond acceptors (Lipinski definition) is 4. The van der Waals surface area contributed by atoms with Gasteiger partial charge in [-0.15, -0.1) is 0 Å². The Balaban J connectivity index is 1.49. The molecular formula is C17H25N5. The second-order valence-electron chi connectivity index (χ2n) is 6.16. The Bertz CT molecular complexity index is 539. The number of piperidine rings is 1. The summed E-state index contributed by atoms with van der Waals surface area (Å²) in [5, 5.41) is 4.17. The molecule has 0 amide bonds. The summed E-state index contributed by atoms with van der Waals surface area (Å²) in [6.07, 6.45) is 5.96. The Morgan fingerprint density at radius 2 is 2.14 bits per heavy atom. The zero-order chi connectivity index (χ0) is 15.2. The van der Waals surface area contributed by atoms with Gasteiger partial charge in [0.05, 0.1) is 6.54 Å². The van der Waals surface area contributed by atoms with Crippen LogP contribution in [0, 0.1) is 0 Å². The van der Waals surface area contributed by atoms with Gasteiger partial charge in [0.1, 0.15) is 12.7 Å². The predicted octanol–water partition coefficient (Wildman–Crippen LogP) is 1.87. The maximum atomic E-state index is 4.17. The molecule has 1 aromatic heterocycles. The summed E-state index contributed by atoms with van der Waals surface area (Å²) >= 11 is 0. The van der Waals surface area contributed by atoms with Crippen LogP contribution in [0.15, 0.2) is 43.0 Å². The second kappa shape index (κ2) is 7.51. The van der Waals surface area contributed by atoms with Crippen molar-refractivity contribution in [2.24, 2.45) is 0 Å². The molecule has 5 heteroatoms. The van der Waals surface area contributed by atoms with Gasteiger partial charge in [0.25, 0.3) is 0 Å². The van der Waals surface area contributed by atoms with E-state index in [9.17, 15) is 0 Å². The van der Waals surface area contributed by atoms with E-state index in [4.69, 9.17) is 0 Å². The van der Waals surface area contributed by atoms with Crippen LogP contribution in [0.4, 0.5) is 0 Å². The van der Waals surface area contributed by atoms with Gasteiger partial charge in [-0.2, -0.15) is 5.10 Å². The maximum absolute atomic E-state index is 4.17. The molecule has 1 saturated heterocycles. The van der Waals surface area contributed by atoms with Crippen LogP contribution in [0.3, 0.4) is 0 Å². The van der Waals surface area contributed by atoms with Gasteiger partial charge >= 0.3 is 0 Å². The molecule has 1 aliphatic heterocycles. The van der Waals surface area contributed by atoms with Crippen molar-refractivity contribution in [1.29, 1.82) is 0 Å². The van der Waals surface area contributed by atoms with Crippen molar-refractivity contribution in [3.63, 3.8) is 0 Å². The Kier molecular flexibility index (Phi) is 5.19. The van der Waals surface area contributed by atoms with E-state index in [2.05, 4.69) is 57.3 Å². The molecule has 0 saturated carbocycles. The van der Waals surface area contributed by atoms with E-state index in [1.165, 1.54) is 24.9 Å². The molecule has 0 unspecified atom stereocenters. The summed E-state index contributed by atoms with van der Waals surface area (Å²) in [7, 11) is 2.23. The molecule has 3 rings (SSSR count). The highest BCUT2D eigenvalue weighted by atomic mass is 15.3. The van der Waals surface area contributed by atoms with Crippen molar-refractivity contribution >= 4 is 0 Å². The van der Waals surface area contributed by atoms with E-state index in [1.807, 2.05) is 4.68 Å². The monoisotopic (exact) mass is 299 g/mol. The van der Waals surface area contributed by atoms with Gasteiger partial charge in [0, 0.05) is 25.7 Å². The lowest BCUT2D eigenvalue weighted by atomic mass is 10.0. The molecule has 0 aliphatic carbocycles. The molecule has 1 aromatic carbocycles. The van der Waals surface area contributed by atoms with Crippen molar-refractivity contribution in [2.45, 2.75) is 32.0 Å². The van der Waals surface area contributed by atoms with Crippen molar-refractivity contribution in [1.82, 2.24) is 24.6 Å². The van der Waals surface area contributed by atoms with E-state index in [-0.39, 0.29) is 0 Å². The molecule has 1 atom stereocenters. The van der Waals surface area contributed by atoms with Crippen LogP contribution < -0.4 is 0 Å². The molecule has 2 aromatic rings. The fraction of sp³-hybridized carbons (Fsp3) is 0.529. The minimum Gasteiger partial charge on any atom is -0.300 e. The zero-order valence-corrected chi connectivity index (χ0v) is 13.3. The second-order valence-corrected chi connectivity index (χ2v) is 6.16. The first-order valence-corrected chi connectivity index (χ1v) is 8.10. The van der Waals surface area contributed by atoms with Crippen molar-refractivity contribution < 1.29 is 0 Å². The lowest BCUT2D eigenvalue weighted by Crippen LogP contribution is -2.46. The van der Waals surface area contributed by atoms with Gasteiger partial charge in [-0.25, -0.2) is 4.98 Å². The van der Waals surface area contributed by atoms with Crippen LogP contribution in [0.25, 0.3) is 0 Å². The molecule has 0 spiro atoms. The highest BCUT2D eigenvalue weighted by Gasteiger charge is 2.23.